The molecule has 0 spiro atoms. The third kappa shape index (κ3) is 4.23. The Labute approximate surface area is 184 Å². The zero-order chi connectivity index (χ0) is 21.6. The van der Waals surface area contributed by atoms with Crippen molar-refractivity contribution in [1.29, 1.82) is 0 Å². The Morgan fingerprint density at radius 3 is 2.58 bits per heavy atom. The SMILES string of the molecule is O=S(=O)(c1ccc2c(c1)nc(SCc1cc(F)ccc1F)n2CC1CC1)N1CCCC1. The van der Waals surface area contributed by atoms with Crippen LogP contribution in [-0.4, -0.2) is 35.4 Å². The highest BCUT2D eigenvalue weighted by atomic mass is 32.2. The van der Waals surface area contributed by atoms with Crippen LogP contribution in [0.25, 0.3) is 11.0 Å². The number of sulfonamides is 1. The molecule has 9 heteroatoms. The molecule has 0 atom stereocenters. The van der Waals surface area contributed by atoms with E-state index in [0.29, 0.717) is 29.7 Å². The molecule has 0 N–H and O–H groups in total. The Morgan fingerprint density at radius 2 is 1.84 bits per heavy atom. The number of nitrogens with zero attached hydrogens (tertiary/aromatic N) is 3. The van der Waals surface area contributed by atoms with Gasteiger partial charge in [0.2, 0.25) is 10.0 Å². The number of fused-ring (bicyclic) bond motifs is 1. The van der Waals surface area contributed by atoms with E-state index < -0.39 is 21.7 Å². The molecule has 1 aliphatic carbocycles. The van der Waals surface area contributed by atoms with Gasteiger partial charge in [-0.15, -0.1) is 0 Å². The van der Waals surface area contributed by atoms with E-state index >= 15 is 0 Å². The lowest BCUT2D eigenvalue weighted by Gasteiger charge is -2.15. The summed E-state index contributed by atoms with van der Waals surface area (Å²) in [6.45, 7) is 1.90. The van der Waals surface area contributed by atoms with Crippen LogP contribution in [0.2, 0.25) is 0 Å². The standard InChI is InChI=1S/C22H23F2N3O2S2/c23-17-5-7-19(24)16(11-17)14-30-22-25-20-12-18(31(28,29)26-9-1-2-10-26)6-8-21(20)27(22)13-15-3-4-15/h5-8,11-12,15H,1-4,9-10,13-14H2. The van der Waals surface area contributed by atoms with E-state index in [1.807, 2.05) is 6.07 Å². The van der Waals surface area contributed by atoms with Gasteiger partial charge in [0, 0.05) is 31.0 Å². The molecule has 2 aliphatic rings. The molecule has 0 unspecified atom stereocenters. The number of halogens is 2. The minimum Gasteiger partial charge on any atom is -0.319 e. The van der Waals surface area contributed by atoms with E-state index in [9.17, 15) is 17.2 Å². The fourth-order valence-electron chi connectivity index (χ4n) is 3.97. The van der Waals surface area contributed by atoms with Crippen LogP contribution in [0.4, 0.5) is 8.78 Å². The summed E-state index contributed by atoms with van der Waals surface area (Å²) in [5.74, 6) is -0.0927. The predicted molar refractivity (Wildman–Crippen MR) is 116 cm³/mol. The fraction of sp³-hybridized carbons (Fsp3) is 0.409. The zero-order valence-corrected chi connectivity index (χ0v) is 18.6. The molecule has 1 aliphatic heterocycles. The summed E-state index contributed by atoms with van der Waals surface area (Å²) < 4.78 is 57.1. The van der Waals surface area contributed by atoms with Gasteiger partial charge < -0.3 is 4.57 Å². The molecular formula is C22H23F2N3O2S2. The maximum Gasteiger partial charge on any atom is 0.243 e. The average molecular weight is 464 g/mol. The lowest BCUT2D eigenvalue weighted by Crippen LogP contribution is -2.27. The molecule has 1 saturated heterocycles. The Hall–Kier alpha value is -1.97. The van der Waals surface area contributed by atoms with Crippen LogP contribution < -0.4 is 0 Å². The van der Waals surface area contributed by atoms with Crippen LogP contribution in [0.1, 0.15) is 31.2 Å². The molecule has 2 heterocycles. The van der Waals surface area contributed by atoms with Crippen LogP contribution >= 0.6 is 11.8 Å². The molecule has 1 saturated carbocycles. The van der Waals surface area contributed by atoms with Crippen LogP contribution in [0, 0.1) is 17.6 Å². The number of thioether (sulfide) groups is 1. The van der Waals surface area contributed by atoms with Crippen molar-refractivity contribution in [3.05, 3.63) is 53.6 Å². The van der Waals surface area contributed by atoms with Crippen LogP contribution in [-0.2, 0) is 22.3 Å². The second-order valence-electron chi connectivity index (χ2n) is 8.23. The fourth-order valence-corrected chi connectivity index (χ4v) is 6.50. The Morgan fingerprint density at radius 1 is 1.06 bits per heavy atom. The Bertz CT molecular complexity index is 1230. The van der Waals surface area contributed by atoms with Crippen LogP contribution in [0.5, 0.6) is 0 Å². The highest BCUT2D eigenvalue weighted by molar-refractivity contribution is 7.98. The van der Waals surface area contributed by atoms with E-state index in [1.165, 1.54) is 22.1 Å². The third-order valence-corrected chi connectivity index (χ3v) is 8.81. The van der Waals surface area contributed by atoms with Gasteiger partial charge in [-0.1, -0.05) is 11.8 Å². The Kier molecular flexibility index (Phi) is 5.52. The van der Waals surface area contributed by atoms with Crippen molar-refractivity contribution in [2.24, 2.45) is 5.92 Å². The van der Waals surface area contributed by atoms with Crippen LogP contribution in [0.15, 0.2) is 46.5 Å². The summed E-state index contributed by atoms with van der Waals surface area (Å²) in [4.78, 5) is 4.94. The van der Waals surface area contributed by atoms with E-state index in [-0.39, 0.29) is 16.2 Å². The largest absolute Gasteiger partial charge is 0.319 e. The summed E-state index contributed by atoms with van der Waals surface area (Å²) >= 11 is 1.34. The van der Waals surface area contributed by atoms with E-state index in [1.54, 1.807) is 12.1 Å². The molecule has 164 valence electrons. The highest BCUT2D eigenvalue weighted by Crippen LogP contribution is 2.36. The van der Waals surface area contributed by atoms with Gasteiger partial charge in [-0.05, 0) is 68.0 Å². The molecule has 0 bridgehead atoms. The number of imidazole rings is 1. The van der Waals surface area contributed by atoms with Crippen molar-refractivity contribution in [2.75, 3.05) is 13.1 Å². The van der Waals surface area contributed by atoms with E-state index in [4.69, 9.17) is 0 Å². The molecule has 31 heavy (non-hydrogen) atoms. The monoisotopic (exact) mass is 463 g/mol. The predicted octanol–water partition coefficient (Wildman–Crippen LogP) is 4.80. The molecular weight excluding hydrogens is 440 g/mol. The maximum absolute atomic E-state index is 14.1. The minimum absolute atomic E-state index is 0.247. The summed E-state index contributed by atoms with van der Waals surface area (Å²) in [5.41, 5.74) is 1.77. The van der Waals surface area contributed by atoms with Gasteiger partial charge in [-0.3, -0.25) is 0 Å². The first-order chi connectivity index (χ1) is 14.9. The van der Waals surface area contributed by atoms with Crippen molar-refractivity contribution >= 4 is 32.8 Å². The Balaban J connectivity index is 1.48. The van der Waals surface area contributed by atoms with Crippen LogP contribution in [0.3, 0.4) is 0 Å². The maximum atomic E-state index is 14.1. The number of hydrogen-bond donors (Lipinski definition) is 0. The topological polar surface area (TPSA) is 55.2 Å². The van der Waals surface area contributed by atoms with Gasteiger partial charge in [0.25, 0.3) is 0 Å². The minimum atomic E-state index is -3.52. The van der Waals surface area contributed by atoms with E-state index in [2.05, 4.69) is 9.55 Å². The normalized spacial score (nSPS) is 17.6. The van der Waals surface area contributed by atoms with Gasteiger partial charge in [-0.25, -0.2) is 22.2 Å². The van der Waals surface area contributed by atoms with Gasteiger partial charge in [-0.2, -0.15) is 4.31 Å². The lowest BCUT2D eigenvalue weighted by molar-refractivity contribution is 0.477. The third-order valence-electron chi connectivity index (χ3n) is 5.89. The highest BCUT2D eigenvalue weighted by Gasteiger charge is 2.29. The first kappa shape index (κ1) is 20.9. The van der Waals surface area contributed by atoms with Crippen molar-refractivity contribution in [1.82, 2.24) is 13.9 Å². The molecule has 0 amide bonds. The molecule has 3 aromatic rings. The number of hydrogen-bond acceptors (Lipinski definition) is 4. The lowest BCUT2D eigenvalue weighted by atomic mass is 10.2. The van der Waals surface area contributed by atoms with Crippen molar-refractivity contribution in [3.63, 3.8) is 0 Å². The first-order valence-electron chi connectivity index (χ1n) is 10.5. The van der Waals surface area contributed by atoms with Gasteiger partial charge in [0.1, 0.15) is 11.6 Å². The van der Waals surface area contributed by atoms with Gasteiger partial charge in [0.05, 0.1) is 15.9 Å². The van der Waals surface area contributed by atoms with Gasteiger partial charge in [0.15, 0.2) is 5.16 Å². The molecule has 5 nitrogen and oxygen atoms in total. The molecule has 2 aromatic carbocycles. The summed E-state index contributed by atoms with van der Waals surface area (Å²) in [6.07, 6.45) is 4.08. The number of aromatic nitrogens is 2. The summed E-state index contributed by atoms with van der Waals surface area (Å²) in [7, 11) is -3.52. The molecule has 5 rings (SSSR count). The summed E-state index contributed by atoms with van der Waals surface area (Å²) in [5, 5.41) is 0.696. The number of benzene rings is 2. The quantitative estimate of drug-likeness (QED) is 0.472. The second kappa shape index (κ2) is 8.18. The molecule has 2 fully saturated rings. The first-order valence-corrected chi connectivity index (χ1v) is 12.9. The zero-order valence-electron chi connectivity index (χ0n) is 16.9. The second-order valence-corrected chi connectivity index (χ2v) is 11.1. The average Bonchev–Trinajstić information content (AvgIpc) is 3.25. The van der Waals surface area contributed by atoms with E-state index in [0.717, 1.165) is 49.9 Å². The number of rotatable bonds is 7. The van der Waals surface area contributed by atoms with Crippen molar-refractivity contribution in [3.8, 4) is 0 Å². The van der Waals surface area contributed by atoms with Gasteiger partial charge >= 0.3 is 0 Å². The molecule has 1 aromatic heterocycles. The smallest absolute Gasteiger partial charge is 0.243 e. The van der Waals surface area contributed by atoms with Crippen molar-refractivity contribution < 1.29 is 17.2 Å². The summed E-state index contributed by atoms with van der Waals surface area (Å²) in [6, 6.07) is 8.56. The van der Waals surface area contributed by atoms with Crippen molar-refractivity contribution in [2.45, 2.75) is 48.0 Å². The molecule has 0 radical (unpaired) electrons.